The maximum Gasteiger partial charge on any atom is 0.293 e. The number of rotatable bonds is 5. The molecule has 11 heteroatoms. The van der Waals surface area contributed by atoms with Crippen molar-refractivity contribution in [2.45, 2.75) is 0 Å². The molecule has 3 heterocycles. The molecule has 0 aromatic heterocycles. The number of benzene rings is 2. The topological polar surface area (TPSA) is 103 Å². The molecule has 5 rings (SSSR count). The van der Waals surface area contributed by atoms with Gasteiger partial charge in [-0.3, -0.25) is 19.3 Å². The lowest BCUT2D eigenvalue weighted by Crippen LogP contribution is -2.37. The van der Waals surface area contributed by atoms with Gasteiger partial charge in [0.05, 0.1) is 9.93 Å². The average Bonchev–Trinajstić information content (AvgIpc) is 3.49. The lowest BCUT2D eigenvalue weighted by molar-refractivity contribution is -0.122. The molecule has 0 spiro atoms. The van der Waals surface area contributed by atoms with Crippen LogP contribution in [-0.4, -0.2) is 48.6 Å². The van der Waals surface area contributed by atoms with Crippen LogP contribution in [0.15, 0.2) is 35.2 Å². The molecule has 164 valence electrons. The zero-order valence-electron chi connectivity index (χ0n) is 16.4. The number of carbonyl (C=O) groups excluding carboxylic acids is 3. The fourth-order valence-corrected chi connectivity index (χ4v) is 4.46. The summed E-state index contributed by atoms with van der Waals surface area (Å²) in [5.74, 6) is 1.18. The highest BCUT2D eigenvalue weighted by atomic mass is 35.5. The zero-order chi connectivity index (χ0) is 22.2. The zero-order valence-corrected chi connectivity index (χ0v) is 18.0. The largest absolute Gasteiger partial charge is 0.454 e. The third-order valence-corrected chi connectivity index (χ3v) is 6.07. The molecule has 0 radical (unpaired) electrons. The van der Waals surface area contributed by atoms with Gasteiger partial charge in [-0.2, -0.15) is 0 Å². The molecule has 1 fully saturated rings. The number of halogens is 1. The van der Waals surface area contributed by atoms with Crippen molar-refractivity contribution in [3.05, 3.63) is 51.4 Å². The summed E-state index contributed by atoms with van der Waals surface area (Å²) in [5, 5.41) is 2.55. The van der Waals surface area contributed by atoms with Gasteiger partial charge in [-0.15, -0.1) is 0 Å². The van der Waals surface area contributed by atoms with Gasteiger partial charge < -0.3 is 24.3 Å². The predicted octanol–water partition coefficient (Wildman–Crippen LogP) is 3.26. The molecule has 0 saturated carbocycles. The Hall–Kier alpha value is -3.37. The van der Waals surface area contributed by atoms with E-state index in [0.717, 1.165) is 16.7 Å². The van der Waals surface area contributed by atoms with Crippen molar-refractivity contribution < 1.29 is 33.3 Å². The molecule has 1 saturated heterocycles. The van der Waals surface area contributed by atoms with E-state index in [0.29, 0.717) is 33.5 Å². The minimum atomic E-state index is -0.418. The quantitative estimate of drug-likeness (QED) is 0.659. The monoisotopic (exact) mass is 474 g/mol. The highest BCUT2D eigenvalue weighted by molar-refractivity contribution is 8.18. The van der Waals surface area contributed by atoms with Gasteiger partial charge >= 0.3 is 0 Å². The van der Waals surface area contributed by atoms with Gasteiger partial charge in [-0.05, 0) is 47.7 Å². The fourth-order valence-electron chi connectivity index (χ4n) is 3.33. The lowest BCUT2D eigenvalue weighted by Gasteiger charge is -2.13. The Balaban J connectivity index is 1.21. The van der Waals surface area contributed by atoms with E-state index >= 15 is 0 Å². The Morgan fingerprint density at radius 2 is 1.84 bits per heavy atom. The summed E-state index contributed by atoms with van der Waals surface area (Å²) in [5.41, 5.74) is 1.00. The predicted molar refractivity (Wildman–Crippen MR) is 115 cm³/mol. The molecule has 9 nitrogen and oxygen atoms in total. The van der Waals surface area contributed by atoms with Gasteiger partial charge in [0, 0.05) is 18.7 Å². The normalized spacial score (nSPS) is 17.4. The van der Waals surface area contributed by atoms with Crippen molar-refractivity contribution in [3.63, 3.8) is 0 Å². The number of imide groups is 1. The van der Waals surface area contributed by atoms with Crippen LogP contribution in [0, 0.1) is 0 Å². The number of ether oxygens (including phenoxy) is 4. The van der Waals surface area contributed by atoms with E-state index < -0.39 is 17.1 Å². The van der Waals surface area contributed by atoms with Crippen molar-refractivity contribution >= 4 is 46.5 Å². The number of nitrogens with zero attached hydrogens (tertiary/aromatic N) is 1. The van der Waals surface area contributed by atoms with Crippen LogP contribution in [0.1, 0.15) is 15.9 Å². The van der Waals surface area contributed by atoms with E-state index in [4.69, 9.17) is 30.5 Å². The first-order chi connectivity index (χ1) is 15.5. The first-order valence-corrected chi connectivity index (χ1v) is 10.7. The maximum absolute atomic E-state index is 12.7. The standard InChI is InChI=1S/C21H15ClN2O7S/c22-13-7-12(8-16-18(13)31-10-30-16)19(25)23-3-4-24-20(26)17(32-21(24)27)6-11-1-2-14-15(5-11)29-9-28-14/h1-2,5-8H,3-4,9-10H2,(H,23,25)/b17-6-. The minimum absolute atomic E-state index is 0.0349. The van der Waals surface area contributed by atoms with Crippen molar-refractivity contribution in [2.75, 3.05) is 26.7 Å². The van der Waals surface area contributed by atoms with Crippen LogP contribution < -0.4 is 24.3 Å². The third kappa shape index (κ3) is 3.82. The Bertz CT molecular complexity index is 1180. The van der Waals surface area contributed by atoms with Crippen molar-refractivity contribution in [1.29, 1.82) is 0 Å². The molecule has 3 aliphatic rings. The summed E-state index contributed by atoms with van der Waals surface area (Å²) in [7, 11) is 0. The molecule has 2 aromatic rings. The number of fused-ring (bicyclic) bond motifs is 2. The fraction of sp³-hybridized carbons (Fsp3) is 0.190. The number of amides is 3. The molecule has 32 heavy (non-hydrogen) atoms. The molecular formula is C21H15ClN2O7S. The van der Waals surface area contributed by atoms with Crippen LogP contribution in [0.2, 0.25) is 5.02 Å². The van der Waals surface area contributed by atoms with Crippen LogP contribution in [-0.2, 0) is 4.79 Å². The molecule has 0 atom stereocenters. The highest BCUT2D eigenvalue weighted by Gasteiger charge is 2.34. The van der Waals surface area contributed by atoms with Gasteiger partial charge in [-0.1, -0.05) is 17.7 Å². The Kier molecular flexibility index (Phi) is 5.32. The number of nitrogens with one attached hydrogen (secondary N) is 1. The van der Waals surface area contributed by atoms with Crippen molar-refractivity contribution in [1.82, 2.24) is 10.2 Å². The maximum atomic E-state index is 12.7. The smallest absolute Gasteiger partial charge is 0.293 e. The summed E-state index contributed by atoms with van der Waals surface area (Å²) < 4.78 is 21.1. The Labute approximate surface area is 191 Å². The second-order valence-electron chi connectivity index (χ2n) is 6.89. The van der Waals surface area contributed by atoms with Gasteiger partial charge in [0.25, 0.3) is 17.1 Å². The summed E-state index contributed by atoms with van der Waals surface area (Å²) in [4.78, 5) is 38.8. The molecule has 0 unspecified atom stereocenters. The minimum Gasteiger partial charge on any atom is -0.454 e. The van der Waals surface area contributed by atoms with Crippen LogP contribution in [0.5, 0.6) is 23.0 Å². The second-order valence-corrected chi connectivity index (χ2v) is 8.29. The van der Waals surface area contributed by atoms with E-state index in [2.05, 4.69) is 5.32 Å². The summed E-state index contributed by atoms with van der Waals surface area (Å²) in [6.45, 7) is 0.311. The van der Waals surface area contributed by atoms with Crippen LogP contribution in [0.25, 0.3) is 6.08 Å². The lowest BCUT2D eigenvalue weighted by atomic mass is 10.2. The van der Waals surface area contributed by atoms with Crippen LogP contribution in [0.4, 0.5) is 4.79 Å². The van der Waals surface area contributed by atoms with Crippen molar-refractivity contribution in [2.24, 2.45) is 0 Å². The Morgan fingerprint density at radius 1 is 1.06 bits per heavy atom. The Morgan fingerprint density at radius 3 is 2.72 bits per heavy atom. The molecule has 3 amide bonds. The molecule has 0 aliphatic carbocycles. The van der Waals surface area contributed by atoms with E-state index in [1.165, 1.54) is 12.1 Å². The van der Waals surface area contributed by atoms with Crippen LogP contribution in [0.3, 0.4) is 0 Å². The highest BCUT2D eigenvalue weighted by Crippen LogP contribution is 2.40. The van der Waals surface area contributed by atoms with E-state index in [1.807, 2.05) is 0 Å². The average molecular weight is 475 g/mol. The van der Waals surface area contributed by atoms with Gasteiger partial charge in [0.1, 0.15) is 0 Å². The van der Waals surface area contributed by atoms with E-state index in [9.17, 15) is 14.4 Å². The SMILES string of the molecule is O=C(NCCN1C(=O)S/C(=C\c2ccc3c(c2)OCO3)C1=O)c1cc(Cl)c2c(c1)OCO2. The summed E-state index contributed by atoms with van der Waals surface area (Å²) in [6, 6.07) is 8.26. The molecule has 1 N–H and O–H groups in total. The van der Waals surface area contributed by atoms with E-state index in [1.54, 1.807) is 24.3 Å². The molecule has 0 bridgehead atoms. The number of hydrogen-bond acceptors (Lipinski definition) is 8. The summed E-state index contributed by atoms with van der Waals surface area (Å²) in [6.07, 6.45) is 1.63. The number of thioether (sulfide) groups is 1. The number of hydrogen-bond donors (Lipinski definition) is 1. The molecule has 2 aromatic carbocycles. The van der Waals surface area contributed by atoms with Gasteiger partial charge in [0.15, 0.2) is 23.0 Å². The van der Waals surface area contributed by atoms with Gasteiger partial charge in [0.2, 0.25) is 13.6 Å². The molecular weight excluding hydrogens is 460 g/mol. The second kappa shape index (κ2) is 8.29. The first-order valence-electron chi connectivity index (χ1n) is 9.52. The third-order valence-electron chi connectivity index (χ3n) is 4.88. The number of carbonyl (C=O) groups is 3. The van der Waals surface area contributed by atoms with Gasteiger partial charge in [-0.25, -0.2) is 0 Å². The first kappa shape index (κ1) is 20.5. The van der Waals surface area contributed by atoms with E-state index in [-0.39, 0.29) is 37.3 Å². The molecule has 3 aliphatic heterocycles. The van der Waals surface area contributed by atoms with Crippen LogP contribution >= 0.6 is 23.4 Å². The summed E-state index contributed by atoms with van der Waals surface area (Å²) >= 11 is 6.95. The van der Waals surface area contributed by atoms with Crippen molar-refractivity contribution in [3.8, 4) is 23.0 Å².